The topological polar surface area (TPSA) is 37.3 Å². The summed E-state index contributed by atoms with van der Waals surface area (Å²) in [6, 6.07) is 0. The molecule has 0 saturated carbocycles. The quantitative estimate of drug-likeness (QED) is 0.587. The first-order valence-electron chi connectivity index (χ1n) is 3.53. The molecule has 0 aromatic rings. The molecular weight excluding hydrogens is 128 g/mol. The number of aliphatic hydroxyl groups is 1. The lowest BCUT2D eigenvalue weighted by atomic mass is 10.0. The Balaban J connectivity index is 2.75. The van der Waals surface area contributed by atoms with E-state index >= 15 is 0 Å². The van der Waals surface area contributed by atoms with Crippen LogP contribution in [-0.2, 0) is 4.79 Å². The van der Waals surface area contributed by atoms with Gasteiger partial charge in [0.05, 0.1) is 6.10 Å². The maximum absolute atomic E-state index is 10.7. The minimum atomic E-state index is -0.507. The van der Waals surface area contributed by atoms with E-state index in [0.717, 1.165) is 5.57 Å². The van der Waals surface area contributed by atoms with Crippen LogP contribution in [0.5, 0.6) is 0 Å². The molecule has 0 amide bonds. The molecule has 1 atom stereocenters. The molecule has 1 aliphatic carbocycles. The van der Waals surface area contributed by atoms with Crippen LogP contribution >= 0.6 is 0 Å². The van der Waals surface area contributed by atoms with Crippen LogP contribution in [0.2, 0.25) is 0 Å². The molecule has 2 heteroatoms. The van der Waals surface area contributed by atoms with Gasteiger partial charge in [-0.3, -0.25) is 4.79 Å². The molecule has 0 aliphatic heterocycles. The summed E-state index contributed by atoms with van der Waals surface area (Å²) in [7, 11) is 0. The summed E-state index contributed by atoms with van der Waals surface area (Å²) in [5.41, 5.74) is 0.880. The van der Waals surface area contributed by atoms with Gasteiger partial charge >= 0.3 is 0 Å². The van der Waals surface area contributed by atoms with E-state index in [-0.39, 0.29) is 12.2 Å². The highest BCUT2D eigenvalue weighted by Gasteiger charge is 2.23. The normalized spacial score (nSPS) is 25.8. The maximum atomic E-state index is 10.7. The van der Waals surface area contributed by atoms with Crippen LogP contribution in [0, 0.1) is 5.92 Å². The first kappa shape index (κ1) is 7.48. The Labute approximate surface area is 60.6 Å². The fourth-order valence-electron chi connectivity index (χ4n) is 1.20. The summed E-state index contributed by atoms with van der Waals surface area (Å²) >= 11 is 0. The van der Waals surface area contributed by atoms with E-state index in [1.807, 2.05) is 13.8 Å². The molecule has 0 spiro atoms. The van der Waals surface area contributed by atoms with Crippen LogP contribution in [0.1, 0.15) is 20.3 Å². The first-order chi connectivity index (χ1) is 4.61. The van der Waals surface area contributed by atoms with E-state index < -0.39 is 6.10 Å². The molecule has 0 fully saturated rings. The summed E-state index contributed by atoms with van der Waals surface area (Å²) < 4.78 is 0. The second-order valence-corrected chi connectivity index (χ2v) is 2.99. The molecule has 2 nitrogen and oxygen atoms in total. The highest BCUT2D eigenvalue weighted by molar-refractivity contribution is 5.94. The summed E-state index contributed by atoms with van der Waals surface area (Å²) in [5, 5.41) is 9.24. The van der Waals surface area contributed by atoms with Crippen LogP contribution in [-0.4, -0.2) is 17.0 Å². The number of aliphatic hydroxyl groups excluding tert-OH is 1. The zero-order chi connectivity index (χ0) is 7.72. The highest BCUT2D eigenvalue weighted by Crippen LogP contribution is 2.22. The van der Waals surface area contributed by atoms with Crippen molar-refractivity contribution in [2.24, 2.45) is 5.92 Å². The molecule has 1 rings (SSSR count). The Morgan fingerprint density at radius 3 is 2.50 bits per heavy atom. The highest BCUT2D eigenvalue weighted by atomic mass is 16.3. The number of carbonyl (C=O) groups is 1. The molecule has 0 saturated heterocycles. The van der Waals surface area contributed by atoms with Crippen molar-refractivity contribution in [1.29, 1.82) is 0 Å². The minimum Gasteiger partial charge on any atom is -0.388 e. The Morgan fingerprint density at radius 2 is 2.30 bits per heavy atom. The van der Waals surface area contributed by atoms with Crippen molar-refractivity contribution in [1.82, 2.24) is 0 Å². The second-order valence-electron chi connectivity index (χ2n) is 2.99. The number of allylic oxidation sites excluding steroid dienone is 1. The SMILES string of the molecule is CC(C)C1=CC(=O)C[C@@H]1O. The van der Waals surface area contributed by atoms with Gasteiger partial charge in [0.15, 0.2) is 5.78 Å². The molecular formula is C8H12O2. The van der Waals surface area contributed by atoms with Crippen molar-refractivity contribution < 1.29 is 9.90 Å². The number of rotatable bonds is 1. The Bertz CT molecular complexity index is 180. The van der Waals surface area contributed by atoms with Gasteiger partial charge in [0.2, 0.25) is 0 Å². The van der Waals surface area contributed by atoms with Crippen LogP contribution < -0.4 is 0 Å². The predicted octanol–water partition coefficient (Wildman–Crippen LogP) is 0.903. The molecule has 0 radical (unpaired) electrons. The average Bonchev–Trinajstić information content (AvgIpc) is 2.10. The summed E-state index contributed by atoms with van der Waals surface area (Å²) in [5.74, 6) is 0.345. The van der Waals surface area contributed by atoms with Crippen LogP contribution in [0.15, 0.2) is 11.6 Å². The molecule has 56 valence electrons. The zero-order valence-electron chi connectivity index (χ0n) is 6.29. The zero-order valence-corrected chi connectivity index (χ0v) is 6.29. The van der Waals surface area contributed by atoms with Crippen LogP contribution in [0.4, 0.5) is 0 Å². The van der Waals surface area contributed by atoms with E-state index in [1.54, 1.807) is 6.08 Å². The van der Waals surface area contributed by atoms with Gasteiger partial charge in [-0.15, -0.1) is 0 Å². The average molecular weight is 140 g/mol. The predicted molar refractivity (Wildman–Crippen MR) is 38.6 cm³/mol. The Hall–Kier alpha value is -0.630. The Kier molecular flexibility index (Phi) is 1.90. The van der Waals surface area contributed by atoms with E-state index in [2.05, 4.69) is 0 Å². The number of hydrogen-bond acceptors (Lipinski definition) is 2. The maximum Gasteiger partial charge on any atom is 0.158 e. The van der Waals surface area contributed by atoms with Gasteiger partial charge in [0.1, 0.15) is 0 Å². The molecule has 1 aliphatic rings. The van der Waals surface area contributed by atoms with E-state index in [0.29, 0.717) is 5.92 Å². The lowest BCUT2D eigenvalue weighted by Crippen LogP contribution is -2.10. The molecule has 0 aromatic heterocycles. The molecule has 0 aromatic carbocycles. The number of ketones is 1. The molecule has 0 bridgehead atoms. The van der Waals surface area contributed by atoms with Gasteiger partial charge in [-0.1, -0.05) is 13.8 Å². The molecule has 1 N–H and O–H groups in total. The summed E-state index contributed by atoms with van der Waals surface area (Å²) in [4.78, 5) is 10.7. The molecule has 0 unspecified atom stereocenters. The fourth-order valence-corrected chi connectivity index (χ4v) is 1.20. The number of carbonyl (C=O) groups excluding carboxylic acids is 1. The van der Waals surface area contributed by atoms with Crippen molar-refractivity contribution in [3.8, 4) is 0 Å². The van der Waals surface area contributed by atoms with Crippen molar-refractivity contribution in [3.05, 3.63) is 11.6 Å². The minimum absolute atomic E-state index is 0.0520. The summed E-state index contributed by atoms with van der Waals surface area (Å²) in [6.07, 6.45) is 1.34. The molecule has 0 heterocycles. The third kappa shape index (κ3) is 1.27. The summed E-state index contributed by atoms with van der Waals surface area (Å²) in [6.45, 7) is 3.96. The number of hydrogen-bond donors (Lipinski definition) is 1. The lowest BCUT2D eigenvalue weighted by Gasteiger charge is -2.09. The van der Waals surface area contributed by atoms with E-state index in [4.69, 9.17) is 0 Å². The van der Waals surface area contributed by atoms with Crippen molar-refractivity contribution >= 4 is 5.78 Å². The van der Waals surface area contributed by atoms with Gasteiger partial charge in [-0.25, -0.2) is 0 Å². The smallest absolute Gasteiger partial charge is 0.158 e. The van der Waals surface area contributed by atoms with Gasteiger partial charge < -0.3 is 5.11 Å². The molecule has 10 heavy (non-hydrogen) atoms. The van der Waals surface area contributed by atoms with Crippen molar-refractivity contribution in [2.45, 2.75) is 26.4 Å². The fraction of sp³-hybridized carbons (Fsp3) is 0.625. The third-order valence-corrected chi connectivity index (χ3v) is 1.77. The van der Waals surface area contributed by atoms with Crippen molar-refractivity contribution in [3.63, 3.8) is 0 Å². The Morgan fingerprint density at radius 1 is 1.70 bits per heavy atom. The van der Waals surface area contributed by atoms with E-state index in [9.17, 15) is 9.90 Å². The van der Waals surface area contributed by atoms with Gasteiger partial charge in [0.25, 0.3) is 0 Å². The van der Waals surface area contributed by atoms with Gasteiger partial charge in [-0.2, -0.15) is 0 Å². The standard InChI is InChI=1S/C8H12O2/c1-5(2)7-3-6(9)4-8(7)10/h3,5,8,10H,4H2,1-2H3/t8-/m0/s1. The van der Waals surface area contributed by atoms with Crippen molar-refractivity contribution in [2.75, 3.05) is 0 Å². The first-order valence-corrected chi connectivity index (χ1v) is 3.53. The second kappa shape index (κ2) is 2.54. The van der Waals surface area contributed by atoms with Crippen LogP contribution in [0.25, 0.3) is 0 Å². The monoisotopic (exact) mass is 140 g/mol. The van der Waals surface area contributed by atoms with Gasteiger partial charge in [0, 0.05) is 6.42 Å². The largest absolute Gasteiger partial charge is 0.388 e. The van der Waals surface area contributed by atoms with E-state index in [1.165, 1.54) is 0 Å². The lowest BCUT2D eigenvalue weighted by molar-refractivity contribution is -0.114. The van der Waals surface area contributed by atoms with Crippen LogP contribution in [0.3, 0.4) is 0 Å². The third-order valence-electron chi connectivity index (χ3n) is 1.77. The van der Waals surface area contributed by atoms with Gasteiger partial charge in [-0.05, 0) is 17.6 Å².